The molecule has 1 N–H and O–H groups in total. The third-order valence-corrected chi connectivity index (χ3v) is 1.80. The van der Waals surface area contributed by atoms with E-state index in [2.05, 4.69) is 33.8 Å². The Kier molecular flexibility index (Phi) is 1.53. The summed E-state index contributed by atoms with van der Waals surface area (Å²) in [7, 11) is 0. The number of hydrogen-bond acceptors (Lipinski definition) is 3. The summed E-state index contributed by atoms with van der Waals surface area (Å²) in [6, 6.07) is 0. The second kappa shape index (κ2) is 2.55. The molecule has 0 spiro atoms. The van der Waals surface area contributed by atoms with Crippen molar-refractivity contribution in [3.05, 3.63) is 18.3 Å². The minimum atomic E-state index is 0.399. The molecule has 0 saturated heterocycles. The van der Waals surface area contributed by atoms with Crippen molar-refractivity contribution in [3.8, 4) is 0 Å². The smallest absolute Gasteiger partial charge is 0.180 e. The normalized spacial score (nSPS) is 11.2. The van der Waals surface area contributed by atoms with Crippen LogP contribution in [-0.4, -0.2) is 19.9 Å². The lowest BCUT2D eigenvalue weighted by Gasteiger charge is -2.02. The van der Waals surface area contributed by atoms with E-state index in [1.807, 2.05) is 0 Å². The zero-order chi connectivity index (χ0) is 8.55. The highest BCUT2D eigenvalue weighted by Crippen LogP contribution is 2.17. The molecule has 0 amide bonds. The number of imidazole rings is 1. The second-order valence-corrected chi connectivity index (χ2v) is 3.01. The molecule has 4 nitrogen and oxygen atoms in total. The zero-order valence-electron chi connectivity index (χ0n) is 7.07. The Labute approximate surface area is 70.1 Å². The van der Waals surface area contributed by atoms with Crippen molar-refractivity contribution in [2.75, 3.05) is 0 Å². The van der Waals surface area contributed by atoms with Gasteiger partial charge in [-0.3, -0.25) is 0 Å². The van der Waals surface area contributed by atoms with E-state index < -0.39 is 0 Å². The van der Waals surface area contributed by atoms with Gasteiger partial charge in [-0.25, -0.2) is 15.0 Å². The van der Waals surface area contributed by atoms with E-state index in [0.29, 0.717) is 5.92 Å². The van der Waals surface area contributed by atoms with Crippen LogP contribution in [0.1, 0.15) is 25.5 Å². The first-order valence-corrected chi connectivity index (χ1v) is 3.93. The molecule has 62 valence electrons. The molecule has 0 radical (unpaired) electrons. The molecule has 0 aliphatic rings. The summed E-state index contributed by atoms with van der Waals surface area (Å²) in [6.45, 7) is 4.20. The fourth-order valence-electron chi connectivity index (χ4n) is 1.22. The van der Waals surface area contributed by atoms with Crippen LogP contribution in [0.15, 0.2) is 12.7 Å². The third kappa shape index (κ3) is 0.958. The molecular formula is C8H10N4. The van der Waals surface area contributed by atoms with Crippen LogP contribution >= 0.6 is 0 Å². The quantitative estimate of drug-likeness (QED) is 0.690. The molecule has 12 heavy (non-hydrogen) atoms. The number of nitrogens with zero attached hydrogens (tertiary/aromatic N) is 3. The van der Waals surface area contributed by atoms with Gasteiger partial charge in [0.15, 0.2) is 5.65 Å². The maximum atomic E-state index is 4.20. The van der Waals surface area contributed by atoms with Gasteiger partial charge in [-0.2, -0.15) is 0 Å². The highest BCUT2D eigenvalue weighted by Gasteiger charge is 2.07. The van der Waals surface area contributed by atoms with Crippen molar-refractivity contribution in [1.82, 2.24) is 19.9 Å². The zero-order valence-corrected chi connectivity index (χ0v) is 7.07. The van der Waals surface area contributed by atoms with Crippen LogP contribution in [0, 0.1) is 0 Å². The molecule has 0 atom stereocenters. The highest BCUT2D eigenvalue weighted by atomic mass is 15.0. The monoisotopic (exact) mass is 162 g/mol. The Morgan fingerprint density at radius 2 is 2.08 bits per heavy atom. The van der Waals surface area contributed by atoms with Crippen molar-refractivity contribution in [2.45, 2.75) is 19.8 Å². The van der Waals surface area contributed by atoms with Crippen LogP contribution < -0.4 is 0 Å². The molecular weight excluding hydrogens is 152 g/mol. The lowest BCUT2D eigenvalue weighted by Crippen LogP contribution is -1.94. The average Bonchev–Trinajstić information content (AvgIpc) is 2.49. The van der Waals surface area contributed by atoms with Gasteiger partial charge in [0.25, 0.3) is 0 Å². The van der Waals surface area contributed by atoms with E-state index >= 15 is 0 Å². The molecule has 0 saturated carbocycles. The summed E-state index contributed by atoms with van der Waals surface area (Å²) < 4.78 is 0. The first-order valence-electron chi connectivity index (χ1n) is 3.93. The molecule has 2 aromatic rings. The molecule has 2 heterocycles. The number of fused-ring (bicyclic) bond motifs is 1. The minimum Gasteiger partial charge on any atom is -0.342 e. The topological polar surface area (TPSA) is 54.5 Å². The Hall–Kier alpha value is -1.45. The summed E-state index contributed by atoms with van der Waals surface area (Å²) >= 11 is 0. The summed E-state index contributed by atoms with van der Waals surface area (Å²) in [6.07, 6.45) is 3.20. The number of aromatic nitrogens is 4. The van der Waals surface area contributed by atoms with Crippen LogP contribution in [0.25, 0.3) is 11.2 Å². The van der Waals surface area contributed by atoms with Crippen LogP contribution in [-0.2, 0) is 0 Å². The summed E-state index contributed by atoms with van der Waals surface area (Å²) in [4.78, 5) is 15.3. The Balaban J connectivity index is 2.73. The number of H-pyrrole nitrogens is 1. The van der Waals surface area contributed by atoms with Crippen molar-refractivity contribution in [3.63, 3.8) is 0 Å². The molecule has 2 aromatic heterocycles. The van der Waals surface area contributed by atoms with Gasteiger partial charge in [0, 0.05) is 0 Å². The van der Waals surface area contributed by atoms with Crippen molar-refractivity contribution in [1.29, 1.82) is 0 Å². The maximum absolute atomic E-state index is 4.20. The molecule has 0 aromatic carbocycles. The SMILES string of the molecule is CC(C)c1ncnc2nc[nH]c12. The van der Waals surface area contributed by atoms with Gasteiger partial charge >= 0.3 is 0 Å². The first-order chi connectivity index (χ1) is 5.79. The number of aromatic amines is 1. The Morgan fingerprint density at radius 1 is 1.25 bits per heavy atom. The fourth-order valence-corrected chi connectivity index (χ4v) is 1.22. The van der Waals surface area contributed by atoms with E-state index in [1.54, 1.807) is 12.7 Å². The van der Waals surface area contributed by atoms with Gasteiger partial charge in [0.2, 0.25) is 0 Å². The second-order valence-electron chi connectivity index (χ2n) is 3.01. The summed E-state index contributed by atoms with van der Waals surface area (Å²) in [5.41, 5.74) is 2.72. The van der Waals surface area contributed by atoms with Gasteiger partial charge in [-0.15, -0.1) is 0 Å². The summed E-state index contributed by atoms with van der Waals surface area (Å²) in [5, 5.41) is 0. The van der Waals surface area contributed by atoms with Crippen molar-refractivity contribution < 1.29 is 0 Å². The van der Waals surface area contributed by atoms with Gasteiger partial charge in [-0.05, 0) is 5.92 Å². The molecule has 0 aliphatic carbocycles. The van der Waals surface area contributed by atoms with E-state index in [-0.39, 0.29) is 0 Å². The van der Waals surface area contributed by atoms with E-state index in [9.17, 15) is 0 Å². The molecule has 4 heteroatoms. The van der Waals surface area contributed by atoms with E-state index in [4.69, 9.17) is 0 Å². The minimum absolute atomic E-state index is 0.399. The number of hydrogen-bond donors (Lipinski definition) is 1. The Bertz CT molecular complexity index is 391. The van der Waals surface area contributed by atoms with E-state index in [0.717, 1.165) is 16.9 Å². The number of nitrogens with one attached hydrogen (secondary N) is 1. The molecule has 0 aliphatic heterocycles. The van der Waals surface area contributed by atoms with Crippen LogP contribution in [0.4, 0.5) is 0 Å². The highest BCUT2D eigenvalue weighted by molar-refractivity contribution is 5.72. The predicted octanol–water partition coefficient (Wildman–Crippen LogP) is 1.48. The van der Waals surface area contributed by atoms with Gasteiger partial charge in [0.1, 0.15) is 11.8 Å². The molecule has 0 fully saturated rings. The van der Waals surface area contributed by atoms with Crippen LogP contribution in [0.3, 0.4) is 0 Å². The van der Waals surface area contributed by atoms with Crippen molar-refractivity contribution >= 4 is 11.2 Å². The third-order valence-electron chi connectivity index (χ3n) is 1.80. The number of rotatable bonds is 1. The predicted molar refractivity (Wildman–Crippen MR) is 45.8 cm³/mol. The van der Waals surface area contributed by atoms with Crippen LogP contribution in [0.5, 0.6) is 0 Å². The van der Waals surface area contributed by atoms with E-state index in [1.165, 1.54) is 0 Å². The van der Waals surface area contributed by atoms with Gasteiger partial charge in [0.05, 0.1) is 12.0 Å². The maximum Gasteiger partial charge on any atom is 0.180 e. The fraction of sp³-hybridized carbons (Fsp3) is 0.375. The van der Waals surface area contributed by atoms with Crippen LogP contribution in [0.2, 0.25) is 0 Å². The Morgan fingerprint density at radius 3 is 2.83 bits per heavy atom. The van der Waals surface area contributed by atoms with Crippen molar-refractivity contribution in [2.24, 2.45) is 0 Å². The lowest BCUT2D eigenvalue weighted by atomic mass is 10.1. The largest absolute Gasteiger partial charge is 0.342 e. The lowest BCUT2D eigenvalue weighted by molar-refractivity contribution is 0.825. The molecule has 0 unspecified atom stereocenters. The molecule has 0 bridgehead atoms. The average molecular weight is 162 g/mol. The first kappa shape index (κ1) is 7.21. The van der Waals surface area contributed by atoms with Gasteiger partial charge < -0.3 is 4.98 Å². The standard InChI is InChI=1S/C8H10N4/c1-5(2)6-7-8(11-3-9-6)12-4-10-7/h3-5H,1-2H3,(H,9,10,11,12). The molecule has 2 rings (SSSR count). The van der Waals surface area contributed by atoms with Gasteiger partial charge in [-0.1, -0.05) is 13.8 Å². The summed E-state index contributed by atoms with van der Waals surface area (Å²) in [5.74, 6) is 0.399.